The smallest absolute Gasteiger partial charge is 0.311 e. The zero-order chi connectivity index (χ0) is 21.0. The highest BCUT2D eigenvalue weighted by Gasteiger charge is 2.19. The van der Waals surface area contributed by atoms with Gasteiger partial charge in [0.2, 0.25) is 0 Å². The van der Waals surface area contributed by atoms with Gasteiger partial charge >= 0.3 is 5.69 Å². The maximum atomic E-state index is 12.5. The normalized spacial score (nSPS) is 10.6. The zero-order valence-corrected chi connectivity index (χ0v) is 16.0. The van der Waals surface area contributed by atoms with Crippen molar-refractivity contribution in [3.8, 4) is 17.1 Å². The van der Waals surface area contributed by atoms with E-state index in [4.69, 9.17) is 14.3 Å². The van der Waals surface area contributed by atoms with Gasteiger partial charge in [0, 0.05) is 22.9 Å². The van der Waals surface area contributed by atoms with Gasteiger partial charge in [-0.25, -0.2) is 0 Å². The molecule has 1 heterocycles. The number of hydrogen-bond acceptors (Lipinski definition) is 6. The third-order valence-electron chi connectivity index (χ3n) is 4.28. The number of anilines is 1. The highest BCUT2D eigenvalue weighted by Crippen LogP contribution is 2.30. The summed E-state index contributed by atoms with van der Waals surface area (Å²) in [6, 6.07) is 12.8. The first-order valence-corrected chi connectivity index (χ1v) is 8.96. The van der Waals surface area contributed by atoms with Crippen LogP contribution in [0.2, 0.25) is 0 Å². The molecule has 0 aliphatic rings. The molecule has 0 fully saturated rings. The maximum Gasteiger partial charge on any atom is 0.311 e. The predicted octanol–water partition coefficient (Wildman–Crippen LogP) is 4.31. The molecular formula is C21H20N2O6. The largest absolute Gasteiger partial charge is 0.487 e. The second-order valence-electron chi connectivity index (χ2n) is 6.28. The quantitative estimate of drug-likeness (QED) is 0.454. The average Bonchev–Trinajstić information content (AvgIpc) is 3.17. The fourth-order valence-corrected chi connectivity index (χ4v) is 2.91. The number of aryl methyl sites for hydroxylation is 1. The first-order valence-electron chi connectivity index (χ1n) is 8.96. The molecule has 0 saturated carbocycles. The fraction of sp³-hybridized carbons (Fsp3) is 0.190. The summed E-state index contributed by atoms with van der Waals surface area (Å²) in [6.07, 6.45) is 0. The molecule has 0 saturated heterocycles. The minimum absolute atomic E-state index is 0.120. The lowest BCUT2D eigenvalue weighted by Crippen LogP contribution is -2.12. The Balaban J connectivity index is 1.81. The van der Waals surface area contributed by atoms with Crippen LogP contribution in [0, 0.1) is 17.0 Å². The number of rotatable bonds is 7. The Hall–Kier alpha value is -3.65. The van der Waals surface area contributed by atoms with Crippen LogP contribution in [0.4, 0.5) is 11.4 Å². The van der Waals surface area contributed by atoms with Crippen LogP contribution in [-0.4, -0.2) is 22.5 Å². The minimum Gasteiger partial charge on any atom is -0.487 e. The number of nitro benzene ring substituents is 1. The molecule has 2 N–H and O–H groups in total. The molecule has 0 spiro atoms. The van der Waals surface area contributed by atoms with E-state index in [2.05, 4.69) is 5.32 Å². The Morgan fingerprint density at radius 1 is 1.21 bits per heavy atom. The van der Waals surface area contributed by atoms with Gasteiger partial charge in [0.15, 0.2) is 5.75 Å². The highest BCUT2D eigenvalue weighted by atomic mass is 16.6. The van der Waals surface area contributed by atoms with E-state index in [9.17, 15) is 14.9 Å². The second kappa shape index (κ2) is 8.57. The molecule has 3 rings (SSSR count). The molecule has 29 heavy (non-hydrogen) atoms. The van der Waals surface area contributed by atoms with Crippen molar-refractivity contribution < 1.29 is 24.0 Å². The van der Waals surface area contributed by atoms with Crippen LogP contribution >= 0.6 is 0 Å². The van der Waals surface area contributed by atoms with Crippen LogP contribution in [0.5, 0.6) is 5.75 Å². The molecular weight excluding hydrogens is 376 g/mol. The number of amides is 1. The molecule has 3 aromatic rings. The van der Waals surface area contributed by atoms with Crippen molar-refractivity contribution in [2.45, 2.75) is 20.5 Å². The Labute approximate surface area is 166 Å². The van der Waals surface area contributed by atoms with E-state index in [0.717, 1.165) is 11.1 Å². The number of nitrogens with one attached hydrogen (secondary N) is 1. The van der Waals surface area contributed by atoms with Crippen molar-refractivity contribution in [2.24, 2.45) is 0 Å². The number of benzene rings is 2. The van der Waals surface area contributed by atoms with E-state index >= 15 is 0 Å². The van der Waals surface area contributed by atoms with Gasteiger partial charge in [-0.2, -0.15) is 0 Å². The highest BCUT2D eigenvalue weighted by molar-refractivity contribution is 6.05. The maximum absolute atomic E-state index is 12.5. The van der Waals surface area contributed by atoms with E-state index in [-0.39, 0.29) is 30.2 Å². The van der Waals surface area contributed by atoms with E-state index in [1.165, 1.54) is 18.2 Å². The lowest BCUT2D eigenvalue weighted by molar-refractivity contribution is -0.385. The van der Waals surface area contributed by atoms with E-state index in [1.54, 1.807) is 37.3 Å². The molecule has 0 aliphatic carbocycles. The number of aliphatic hydroxyl groups excluding tert-OH is 1. The van der Waals surface area contributed by atoms with Crippen LogP contribution in [0.3, 0.4) is 0 Å². The van der Waals surface area contributed by atoms with Crippen LogP contribution in [0.15, 0.2) is 52.9 Å². The number of carbonyl (C=O) groups excluding carboxylic acids is 1. The molecule has 1 aromatic heterocycles. The summed E-state index contributed by atoms with van der Waals surface area (Å²) < 4.78 is 10.8. The van der Waals surface area contributed by atoms with Crippen LogP contribution in [0.1, 0.15) is 28.6 Å². The summed E-state index contributed by atoms with van der Waals surface area (Å²) in [5.74, 6) is 0.735. The van der Waals surface area contributed by atoms with Gasteiger partial charge in [0.1, 0.15) is 18.1 Å². The first kappa shape index (κ1) is 20.1. The van der Waals surface area contributed by atoms with Crippen molar-refractivity contribution in [1.82, 2.24) is 0 Å². The summed E-state index contributed by atoms with van der Waals surface area (Å²) >= 11 is 0. The van der Waals surface area contributed by atoms with Crippen LogP contribution < -0.4 is 10.1 Å². The fourth-order valence-electron chi connectivity index (χ4n) is 2.91. The Kier molecular flexibility index (Phi) is 5.94. The molecule has 8 nitrogen and oxygen atoms in total. The van der Waals surface area contributed by atoms with Crippen LogP contribution in [-0.2, 0) is 6.61 Å². The van der Waals surface area contributed by atoms with Gasteiger partial charge in [0.05, 0.1) is 11.5 Å². The standard InChI is InChI=1S/C21H20N2O6/c1-3-28-20-8-4-14(11-18(20)23(26)27)21(25)22-15-5-7-17(13(2)10-15)19-9-6-16(12-24)29-19/h4-11,24H,3,12H2,1-2H3,(H,22,25). The molecule has 0 radical (unpaired) electrons. The second-order valence-corrected chi connectivity index (χ2v) is 6.28. The van der Waals surface area contributed by atoms with Crippen molar-refractivity contribution in [3.05, 3.63) is 75.5 Å². The van der Waals surface area contributed by atoms with E-state index in [1.807, 2.05) is 6.92 Å². The molecule has 1 amide bonds. The number of carbonyl (C=O) groups is 1. The van der Waals surface area contributed by atoms with Crippen molar-refractivity contribution in [1.29, 1.82) is 0 Å². The van der Waals surface area contributed by atoms with Gasteiger partial charge in [-0.3, -0.25) is 14.9 Å². The topological polar surface area (TPSA) is 115 Å². The predicted molar refractivity (Wildman–Crippen MR) is 107 cm³/mol. The Morgan fingerprint density at radius 3 is 2.62 bits per heavy atom. The summed E-state index contributed by atoms with van der Waals surface area (Å²) in [5.41, 5.74) is 2.13. The summed E-state index contributed by atoms with van der Waals surface area (Å²) in [4.78, 5) is 23.2. The molecule has 0 aliphatic heterocycles. The molecule has 2 aromatic carbocycles. The van der Waals surface area contributed by atoms with E-state index in [0.29, 0.717) is 17.2 Å². The van der Waals surface area contributed by atoms with Crippen molar-refractivity contribution in [3.63, 3.8) is 0 Å². The zero-order valence-electron chi connectivity index (χ0n) is 16.0. The Bertz CT molecular complexity index is 1060. The lowest BCUT2D eigenvalue weighted by atomic mass is 10.1. The number of nitrogens with zero attached hydrogens (tertiary/aromatic N) is 1. The van der Waals surface area contributed by atoms with Gasteiger partial charge in [-0.15, -0.1) is 0 Å². The number of furan rings is 1. The average molecular weight is 396 g/mol. The minimum atomic E-state index is -0.579. The van der Waals surface area contributed by atoms with Gasteiger partial charge in [-0.1, -0.05) is 0 Å². The number of aliphatic hydroxyl groups is 1. The first-order chi connectivity index (χ1) is 13.9. The van der Waals surface area contributed by atoms with Crippen LogP contribution in [0.25, 0.3) is 11.3 Å². The van der Waals surface area contributed by atoms with Crippen molar-refractivity contribution in [2.75, 3.05) is 11.9 Å². The van der Waals surface area contributed by atoms with Crippen molar-refractivity contribution >= 4 is 17.3 Å². The summed E-state index contributed by atoms with van der Waals surface area (Å²) in [5, 5.41) is 23.1. The molecule has 0 bridgehead atoms. The third kappa shape index (κ3) is 4.44. The monoisotopic (exact) mass is 396 g/mol. The SMILES string of the molecule is CCOc1ccc(C(=O)Nc2ccc(-c3ccc(CO)o3)c(C)c2)cc1[N+](=O)[O-]. The van der Waals surface area contributed by atoms with Gasteiger partial charge in [-0.05, 0) is 61.9 Å². The molecule has 8 heteroatoms. The summed E-state index contributed by atoms with van der Waals surface area (Å²) in [6.45, 7) is 3.70. The number of ether oxygens (including phenoxy) is 1. The number of nitro groups is 1. The van der Waals surface area contributed by atoms with Gasteiger partial charge in [0.25, 0.3) is 5.91 Å². The molecule has 150 valence electrons. The summed E-state index contributed by atoms with van der Waals surface area (Å²) in [7, 11) is 0. The number of hydrogen-bond donors (Lipinski definition) is 2. The van der Waals surface area contributed by atoms with E-state index < -0.39 is 10.8 Å². The third-order valence-corrected chi connectivity index (χ3v) is 4.28. The Morgan fingerprint density at radius 2 is 2.00 bits per heavy atom. The molecule has 0 atom stereocenters. The lowest BCUT2D eigenvalue weighted by Gasteiger charge is -2.10. The molecule has 0 unspecified atom stereocenters. The van der Waals surface area contributed by atoms with Gasteiger partial charge < -0.3 is 19.6 Å².